The van der Waals surface area contributed by atoms with E-state index in [-0.39, 0.29) is 11.6 Å². The van der Waals surface area contributed by atoms with Gasteiger partial charge in [0, 0.05) is 13.1 Å². The Labute approximate surface area is 122 Å². The molecule has 1 fully saturated rings. The van der Waals surface area contributed by atoms with Crippen LogP contribution < -0.4 is 5.32 Å². The zero-order valence-electron chi connectivity index (χ0n) is 10.5. The van der Waals surface area contributed by atoms with E-state index in [0.29, 0.717) is 18.7 Å². The minimum atomic E-state index is -1.27. The lowest BCUT2D eigenvalue weighted by Gasteiger charge is -2.12. The van der Waals surface area contributed by atoms with Crippen molar-refractivity contribution in [2.24, 2.45) is 0 Å². The molecule has 112 valence electrons. The molecule has 1 aliphatic heterocycles. The van der Waals surface area contributed by atoms with Crippen LogP contribution in [0.15, 0.2) is 12.1 Å². The molecule has 0 atom stereocenters. The largest absolute Gasteiger partial charge is 0.452 e. The van der Waals surface area contributed by atoms with Gasteiger partial charge < -0.3 is 10.1 Å². The summed E-state index contributed by atoms with van der Waals surface area (Å²) in [5.74, 6) is -4.29. The third-order valence-corrected chi connectivity index (χ3v) is 3.03. The van der Waals surface area contributed by atoms with Crippen LogP contribution in [-0.4, -0.2) is 42.5 Å². The molecule has 0 spiro atoms. The third-order valence-electron chi connectivity index (χ3n) is 2.71. The highest BCUT2D eigenvalue weighted by Crippen LogP contribution is 2.20. The van der Waals surface area contributed by atoms with E-state index >= 15 is 0 Å². The number of hydrogen-bond donors (Lipinski definition) is 1. The first-order valence-electron chi connectivity index (χ1n) is 5.80. The summed E-state index contributed by atoms with van der Waals surface area (Å²) in [4.78, 5) is 35.4. The Morgan fingerprint density at radius 1 is 1.33 bits per heavy atom. The summed E-state index contributed by atoms with van der Waals surface area (Å²) < 4.78 is 30.6. The zero-order valence-corrected chi connectivity index (χ0v) is 11.2. The molecule has 9 heteroatoms. The summed E-state index contributed by atoms with van der Waals surface area (Å²) in [5.41, 5.74) is -0.408. The number of nitrogens with zero attached hydrogens (tertiary/aromatic N) is 1. The van der Waals surface area contributed by atoms with E-state index in [1.165, 1.54) is 0 Å². The van der Waals surface area contributed by atoms with Crippen molar-refractivity contribution in [2.75, 3.05) is 19.7 Å². The number of esters is 1. The standard InChI is InChI=1S/C12H9ClF2N2O4/c13-7-4-9(15)8(14)3-6(7)11(19)21-5-10(18)17-2-1-16-12(17)20/h3-4H,1-2,5H2,(H,16,20). The van der Waals surface area contributed by atoms with Gasteiger partial charge in [0.15, 0.2) is 18.2 Å². The van der Waals surface area contributed by atoms with Crippen molar-refractivity contribution in [3.8, 4) is 0 Å². The van der Waals surface area contributed by atoms with Gasteiger partial charge >= 0.3 is 12.0 Å². The van der Waals surface area contributed by atoms with Gasteiger partial charge in [0.1, 0.15) is 0 Å². The number of benzene rings is 1. The predicted molar refractivity (Wildman–Crippen MR) is 66.8 cm³/mol. The molecule has 0 radical (unpaired) electrons. The van der Waals surface area contributed by atoms with Crippen LogP contribution in [0.25, 0.3) is 0 Å². The van der Waals surface area contributed by atoms with E-state index in [2.05, 4.69) is 10.1 Å². The first kappa shape index (κ1) is 15.2. The van der Waals surface area contributed by atoms with Gasteiger partial charge in [-0.25, -0.2) is 18.4 Å². The van der Waals surface area contributed by atoms with Gasteiger partial charge in [-0.3, -0.25) is 9.69 Å². The topological polar surface area (TPSA) is 75.7 Å². The summed E-state index contributed by atoms with van der Waals surface area (Å²) in [7, 11) is 0. The van der Waals surface area contributed by atoms with E-state index in [0.717, 1.165) is 4.90 Å². The normalized spacial score (nSPS) is 14.0. The molecule has 1 N–H and O–H groups in total. The SMILES string of the molecule is O=C(OCC(=O)N1CCNC1=O)c1cc(F)c(F)cc1Cl. The summed E-state index contributed by atoms with van der Waals surface area (Å²) >= 11 is 5.59. The van der Waals surface area contributed by atoms with Crippen LogP contribution in [0.1, 0.15) is 10.4 Å². The molecule has 1 saturated heterocycles. The fourth-order valence-electron chi connectivity index (χ4n) is 1.67. The van der Waals surface area contributed by atoms with Gasteiger partial charge in [0.25, 0.3) is 5.91 Å². The molecule has 0 saturated carbocycles. The minimum absolute atomic E-state index is 0.168. The lowest BCUT2D eigenvalue weighted by molar-refractivity contribution is -0.130. The van der Waals surface area contributed by atoms with Gasteiger partial charge in [0.05, 0.1) is 10.6 Å². The molecular formula is C12H9ClF2N2O4. The maximum Gasteiger partial charge on any atom is 0.340 e. The van der Waals surface area contributed by atoms with Crippen molar-refractivity contribution in [3.05, 3.63) is 34.4 Å². The Morgan fingerprint density at radius 2 is 2.00 bits per heavy atom. The highest BCUT2D eigenvalue weighted by Gasteiger charge is 2.27. The Hall–Kier alpha value is -2.22. The van der Waals surface area contributed by atoms with Gasteiger partial charge in [-0.05, 0) is 12.1 Å². The van der Waals surface area contributed by atoms with Gasteiger partial charge in [-0.1, -0.05) is 11.6 Å². The van der Waals surface area contributed by atoms with Crippen molar-refractivity contribution < 1.29 is 27.9 Å². The highest BCUT2D eigenvalue weighted by atomic mass is 35.5. The molecule has 0 aliphatic carbocycles. The van der Waals surface area contributed by atoms with Crippen LogP contribution >= 0.6 is 11.6 Å². The zero-order chi connectivity index (χ0) is 15.6. The van der Waals surface area contributed by atoms with E-state index in [9.17, 15) is 23.2 Å². The smallest absolute Gasteiger partial charge is 0.340 e. The van der Waals surface area contributed by atoms with Crippen LogP contribution in [0, 0.1) is 11.6 Å². The Balaban J connectivity index is 2.00. The first-order chi connectivity index (χ1) is 9.90. The Morgan fingerprint density at radius 3 is 2.62 bits per heavy atom. The maximum absolute atomic E-state index is 13.0. The number of rotatable bonds is 3. The molecule has 1 heterocycles. The summed E-state index contributed by atoms with van der Waals surface area (Å²) in [6.45, 7) is -0.226. The fraction of sp³-hybridized carbons (Fsp3) is 0.250. The fourth-order valence-corrected chi connectivity index (χ4v) is 1.90. The summed E-state index contributed by atoms with van der Waals surface area (Å²) in [5, 5.41) is 2.06. The van der Waals surface area contributed by atoms with Crippen molar-refractivity contribution >= 4 is 29.5 Å². The van der Waals surface area contributed by atoms with Crippen LogP contribution in [-0.2, 0) is 9.53 Å². The average Bonchev–Trinajstić information content (AvgIpc) is 2.86. The number of nitrogens with one attached hydrogen (secondary N) is 1. The van der Waals surface area contributed by atoms with Crippen LogP contribution in [0.5, 0.6) is 0 Å². The maximum atomic E-state index is 13.0. The van der Waals surface area contributed by atoms with Gasteiger partial charge in [-0.2, -0.15) is 0 Å². The van der Waals surface area contributed by atoms with Crippen LogP contribution in [0.4, 0.5) is 13.6 Å². The second kappa shape index (κ2) is 6.04. The number of carbonyl (C=O) groups excluding carboxylic acids is 3. The number of ether oxygens (including phenoxy) is 1. The van der Waals surface area contributed by atoms with E-state index in [1.54, 1.807) is 0 Å². The lowest BCUT2D eigenvalue weighted by atomic mass is 10.2. The molecule has 1 aromatic rings. The number of halogens is 3. The molecule has 0 bridgehead atoms. The number of hydrogen-bond acceptors (Lipinski definition) is 4. The molecule has 0 aromatic heterocycles. The second-order valence-electron chi connectivity index (χ2n) is 4.10. The molecule has 1 aromatic carbocycles. The number of amides is 3. The van der Waals surface area contributed by atoms with Crippen LogP contribution in [0.3, 0.4) is 0 Å². The third kappa shape index (κ3) is 3.27. The van der Waals surface area contributed by atoms with Crippen molar-refractivity contribution in [2.45, 2.75) is 0 Å². The van der Waals surface area contributed by atoms with Crippen molar-refractivity contribution in [3.63, 3.8) is 0 Å². The van der Waals surface area contributed by atoms with Crippen molar-refractivity contribution in [1.82, 2.24) is 10.2 Å². The molecule has 0 unspecified atom stereocenters. The van der Waals surface area contributed by atoms with Gasteiger partial charge in [-0.15, -0.1) is 0 Å². The quantitative estimate of drug-likeness (QED) is 0.674. The molecule has 1 aliphatic rings. The second-order valence-corrected chi connectivity index (χ2v) is 4.51. The van der Waals surface area contributed by atoms with E-state index < -0.39 is 41.7 Å². The number of imide groups is 1. The van der Waals surface area contributed by atoms with E-state index in [1.807, 2.05) is 0 Å². The number of carbonyl (C=O) groups is 3. The number of urea groups is 1. The predicted octanol–water partition coefficient (Wildman–Crippen LogP) is 1.33. The minimum Gasteiger partial charge on any atom is -0.452 e. The molecular weight excluding hydrogens is 310 g/mol. The molecule has 3 amide bonds. The van der Waals surface area contributed by atoms with E-state index in [4.69, 9.17) is 11.6 Å². The molecule has 6 nitrogen and oxygen atoms in total. The molecule has 2 rings (SSSR count). The van der Waals surface area contributed by atoms with Crippen molar-refractivity contribution in [1.29, 1.82) is 0 Å². The van der Waals surface area contributed by atoms with Crippen LogP contribution in [0.2, 0.25) is 5.02 Å². The average molecular weight is 319 g/mol. The lowest BCUT2D eigenvalue weighted by Crippen LogP contribution is -2.37. The highest BCUT2D eigenvalue weighted by molar-refractivity contribution is 6.33. The molecule has 21 heavy (non-hydrogen) atoms. The first-order valence-corrected chi connectivity index (χ1v) is 6.18. The van der Waals surface area contributed by atoms with Gasteiger partial charge in [0.2, 0.25) is 0 Å². The Kier molecular flexibility index (Phi) is 4.37. The summed E-state index contributed by atoms with van der Waals surface area (Å²) in [6, 6.07) is 0.623. The summed E-state index contributed by atoms with van der Waals surface area (Å²) in [6.07, 6.45) is 0. The monoisotopic (exact) mass is 318 g/mol. The Bertz CT molecular complexity index is 624.